The molecule has 32 heavy (non-hydrogen) atoms. The van der Waals surface area contributed by atoms with Gasteiger partial charge in [0.25, 0.3) is 0 Å². The van der Waals surface area contributed by atoms with Gasteiger partial charge in [-0.2, -0.15) is 0 Å². The summed E-state index contributed by atoms with van der Waals surface area (Å²) in [4.78, 5) is 14.6. The van der Waals surface area contributed by atoms with Gasteiger partial charge < -0.3 is 19.9 Å². The van der Waals surface area contributed by atoms with Crippen molar-refractivity contribution in [2.75, 3.05) is 6.54 Å². The lowest BCUT2D eigenvalue weighted by molar-refractivity contribution is 0.169. The van der Waals surface area contributed by atoms with Crippen LogP contribution in [0.3, 0.4) is 0 Å². The largest absolute Gasteiger partial charge is 0.391 e. The van der Waals surface area contributed by atoms with E-state index in [4.69, 9.17) is 34.8 Å². The molecule has 0 bridgehead atoms. The fourth-order valence-electron chi connectivity index (χ4n) is 3.83. The summed E-state index contributed by atoms with van der Waals surface area (Å²) in [6, 6.07) is 12.0. The Hall–Kier alpha value is -2.32. The number of carbonyl (C=O) groups excluding carboxylic acids is 1. The number of aromatic nitrogens is 3. The molecule has 1 aromatic heterocycles. The number of hydrogen-bond acceptors (Lipinski definition) is 4. The number of carbonyl (C=O) groups is 1. The number of hydrogen-bond donors (Lipinski definition) is 2. The molecule has 2 heterocycles. The fourth-order valence-corrected chi connectivity index (χ4v) is 4.43. The number of nitrogens with one attached hydrogen (secondary N) is 1. The van der Waals surface area contributed by atoms with Gasteiger partial charge in [0.1, 0.15) is 5.82 Å². The standard InChI is InChI=1S/C22H22Cl3N5O2/c1-13-27-28-21(29(13)11-14-2-5-16(23)6-3-14)20-9-18(31)12-30(20)22(32)26-10-15-4-7-17(24)8-19(15)25/h2-8,18,20,31H,9-12H2,1H3,(H,26,32)/t18-,20-/m1/s1. The Balaban J connectivity index is 1.52. The van der Waals surface area contributed by atoms with Crippen molar-refractivity contribution in [2.24, 2.45) is 0 Å². The molecular formula is C22H22Cl3N5O2. The zero-order chi connectivity index (χ0) is 22.8. The molecule has 1 saturated heterocycles. The molecule has 7 nitrogen and oxygen atoms in total. The molecule has 0 radical (unpaired) electrons. The highest BCUT2D eigenvalue weighted by molar-refractivity contribution is 6.35. The average Bonchev–Trinajstić information content (AvgIpc) is 3.31. The first-order valence-corrected chi connectivity index (χ1v) is 11.3. The fraction of sp³-hybridized carbons (Fsp3) is 0.318. The zero-order valence-corrected chi connectivity index (χ0v) is 19.6. The van der Waals surface area contributed by atoms with Gasteiger partial charge in [-0.05, 0) is 42.3 Å². The highest BCUT2D eigenvalue weighted by Crippen LogP contribution is 2.32. The molecule has 0 aliphatic carbocycles. The van der Waals surface area contributed by atoms with Crippen molar-refractivity contribution < 1.29 is 9.90 Å². The molecule has 3 aromatic rings. The lowest BCUT2D eigenvalue weighted by atomic mass is 10.1. The monoisotopic (exact) mass is 493 g/mol. The SMILES string of the molecule is Cc1nnc([C@H]2C[C@@H](O)CN2C(=O)NCc2ccc(Cl)cc2Cl)n1Cc1ccc(Cl)cc1. The molecule has 2 aromatic carbocycles. The van der Waals surface area contributed by atoms with E-state index < -0.39 is 12.1 Å². The van der Waals surface area contributed by atoms with Crippen LogP contribution in [0.15, 0.2) is 42.5 Å². The second kappa shape index (κ2) is 9.67. The number of urea groups is 1. The third-order valence-electron chi connectivity index (χ3n) is 5.50. The Morgan fingerprint density at radius 1 is 1.12 bits per heavy atom. The van der Waals surface area contributed by atoms with Crippen LogP contribution < -0.4 is 5.32 Å². The number of aliphatic hydroxyl groups excluding tert-OH is 1. The van der Waals surface area contributed by atoms with Gasteiger partial charge in [-0.15, -0.1) is 10.2 Å². The Bertz CT molecular complexity index is 1120. The highest BCUT2D eigenvalue weighted by Gasteiger charge is 2.38. The maximum Gasteiger partial charge on any atom is 0.318 e. The quantitative estimate of drug-likeness (QED) is 0.542. The summed E-state index contributed by atoms with van der Waals surface area (Å²) in [5.74, 6) is 1.36. The van der Waals surface area contributed by atoms with Crippen LogP contribution >= 0.6 is 34.8 Å². The number of benzene rings is 2. The van der Waals surface area contributed by atoms with Crippen LogP contribution in [-0.4, -0.2) is 43.5 Å². The smallest absolute Gasteiger partial charge is 0.318 e. The summed E-state index contributed by atoms with van der Waals surface area (Å²) in [6.45, 7) is 2.85. The summed E-state index contributed by atoms with van der Waals surface area (Å²) in [5, 5.41) is 23.4. The van der Waals surface area contributed by atoms with Gasteiger partial charge in [0.15, 0.2) is 5.82 Å². The molecule has 1 aliphatic rings. The Kier molecular flexibility index (Phi) is 6.90. The van der Waals surface area contributed by atoms with Gasteiger partial charge in [-0.3, -0.25) is 0 Å². The molecule has 2 atom stereocenters. The zero-order valence-electron chi connectivity index (χ0n) is 17.3. The van der Waals surface area contributed by atoms with Gasteiger partial charge in [-0.1, -0.05) is 53.0 Å². The van der Waals surface area contributed by atoms with E-state index in [0.717, 1.165) is 17.0 Å². The molecule has 0 saturated carbocycles. The minimum atomic E-state index is -0.647. The molecule has 1 aliphatic heterocycles. The number of rotatable bonds is 5. The summed E-state index contributed by atoms with van der Waals surface area (Å²) in [7, 11) is 0. The van der Waals surface area contributed by atoms with E-state index in [1.165, 1.54) is 0 Å². The normalized spacial score (nSPS) is 18.2. The third kappa shape index (κ3) is 5.02. The second-order valence-electron chi connectivity index (χ2n) is 7.77. The molecular weight excluding hydrogens is 473 g/mol. The summed E-state index contributed by atoms with van der Waals surface area (Å²) in [5.41, 5.74) is 1.79. The number of β-amino-alcohol motifs (C(OH)–C–C–N with tert-alkyl or cyclic N) is 1. The van der Waals surface area contributed by atoms with E-state index in [1.807, 2.05) is 35.8 Å². The van der Waals surface area contributed by atoms with Crippen molar-refractivity contribution in [3.05, 3.63) is 80.3 Å². The molecule has 10 heteroatoms. The van der Waals surface area contributed by atoms with Crippen molar-refractivity contribution in [1.29, 1.82) is 0 Å². The Labute approximate surface area is 200 Å². The first-order chi connectivity index (χ1) is 15.3. The number of nitrogens with zero attached hydrogens (tertiary/aromatic N) is 4. The summed E-state index contributed by atoms with van der Waals surface area (Å²) >= 11 is 18.1. The van der Waals surface area contributed by atoms with Gasteiger partial charge in [0.2, 0.25) is 0 Å². The Morgan fingerprint density at radius 2 is 1.84 bits per heavy atom. The number of aliphatic hydroxyl groups is 1. The van der Waals surface area contributed by atoms with Crippen LogP contribution in [0.5, 0.6) is 0 Å². The van der Waals surface area contributed by atoms with Gasteiger partial charge in [-0.25, -0.2) is 4.79 Å². The van der Waals surface area contributed by atoms with Crippen LogP contribution in [0.2, 0.25) is 15.1 Å². The van der Waals surface area contributed by atoms with Crippen molar-refractivity contribution >= 4 is 40.8 Å². The van der Waals surface area contributed by atoms with E-state index in [1.54, 1.807) is 23.1 Å². The van der Waals surface area contributed by atoms with E-state index in [0.29, 0.717) is 33.9 Å². The molecule has 4 rings (SSSR count). The predicted octanol–water partition coefficient (Wildman–Crippen LogP) is 4.61. The van der Waals surface area contributed by atoms with E-state index in [9.17, 15) is 9.90 Å². The molecule has 2 amide bonds. The lowest BCUT2D eigenvalue weighted by Crippen LogP contribution is -2.40. The van der Waals surface area contributed by atoms with Crippen LogP contribution in [0.1, 0.15) is 35.2 Å². The van der Waals surface area contributed by atoms with Crippen LogP contribution in [0.4, 0.5) is 4.79 Å². The maximum absolute atomic E-state index is 13.0. The average molecular weight is 495 g/mol. The maximum atomic E-state index is 13.0. The summed E-state index contributed by atoms with van der Waals surface area (Å²) in [6.07, 6.45) is -0.265. The topological polar surface area (TPSA) is 83.3 Å². The minimum absolute atomic E-state index is 0.206. The van der Waals surface area contributed by atoms with E-state index in [2.05, 4.69) is 15.5 Å². The number of aryl methyl sites for hydroxylation is 1. The van der Waals surface area contributed by atoms with E-state index in [-0.39, 0.29) is 19.1 Å². The molecule has 0 unspecified atom stereocenters. The van der Waals surface area contributed by atoms with Crippen LogP contribution in [-0.2, 0) is 13.1 Å². The van der Waals surface area contributed by atoms with Crippen molar-refractivity contribution in [2.45, 2.75) is 38.6 Å². The summed E-state index contributed by atoms with van der Waals surface area (Å²) < 4.78 is 1.96. The van der Waals surface area contributed by atoms with Crippen LogP contribution in [0, 0.1) is 6.92 Å². The minimum Gasteiger partial charge on any atom is -0.391 e. The van der Waals surface area contributed by atoms with Gasteiger partial charge in [0, 0.05) is 34.6 Å². The second-order valence-corrected chi connectivity index (χ2v) is 9.05. The number of amides is 2. The van der Waals surface area contributed by atoms with Crippen LogP contribution in [0.25, 0.3) is 0 Å². The molecule has 168 valence electrons. The highest BCUT2D eigenvalue weighted by atomic mass is 35.5. The molecule has 2 N–H and O–H groups in total. The van der Waals surface area contributed by atoms with Gasteiger partial charge >= 0.3 is 6.03 Å². The predicted molar refractivity (Wildman–Crippen MR) is 124 cm³/mol. The Morgan fingerprint density at radius 3 is 2.56 bits per heavy atom. The van der Waals surface area contributed by atoms with Gasteiger partial charge in [0.05, 0.1) is 18.7 Å². The van der Waals surface area contributed by atoms with E-state index >= 15 is 0 Å². The third-order valence-corrected chi connectivity index (χ3v) is 6.34. The first-order valence-electron chi connectivity index (χ1n) is 10.1. The lowest BCUT2D eigenvalue weighted by Gasteiger charge is -2.25. The molecule has 1 fully saturated rings. The number of halogens is 3. The van der Waals surface area contributed by atoms with Crippen molar-refractivity contribution in [3.63, 3.8) is 0 Å². The van der Waals surface area contributed by atoms with Crippen molar-refractivity contribution in [3.8, 4) is 0 Å². The molecule has 0 spiro atoms. The first kappa shape index (κ1) is 22.9. The van der Waals surface area contributed by atoms with Crippen molar-refractivity contribution in [1.82, 2.24) is 25.0 Å². The number of likely N-dealkylation sites (tertiary alicyclic amines) is 1.